The van der Waals surface area contributed by atoms with Crippen molar-refractivity contribution in [1.82, 2.24) is 10.1 Å². The number of benzene rings is 2. The van der Waals surface area contributed by atoms with Crippen molar-refractivity contribution in [3.05, 3.63) is 54.2 Å². The van der Waals surface area contributed by atoms with Crippen LogP contribution in [0.15, 0.2) is 56.6 Å². The Bertz CT molecular complexity index is 1330. The molecule has 0 saturated heterocycles. The average molecular weight is 461 g/mol. The van der Waals surface area contributed by atoms with Crippen molar-refractivity contribution in [2.45, 2.75) is 11.0 Å². The lowest BCUT2D eigenvalue weighted by molar-refractivity contribution is 0.182. The molecule has 2 N–H and O–H groups in total. The Morgan fingerprint density at radius 2 is 1.75 bits per heavy atom. The summed E-state index contributed by atoms with van der Waals surface area (Å²) < 4.78 is 55.0. The minimum absolute atomic E-state index is 0.0788. The molecule has 2 aromatic heterocycles. The van der Waals surface area contributed by atoms with Crippen LogP contribution >= 0.6 is 0 Å². The molecular weight excluding hydrogens is 442 g/mol. The molecule has 168 valence electrons. The van der Waals surface area contributed by atoms with Gasteiger partial charge in [0.2, 0.25) is 5.89 Å². The van der Waals surface area contributed by atoms with Gasteiger partial charge in [-0.2, -0.15) is 0 Å². The monoisotopic (exact) mass is 461 g/mol. The number of nitrogens with zero attached hydrogens (tertiary/aromatic N) is 2. The fraction of sp³-hybridized carbons (Fsp3) is 0.200. The molecule has 4 rings (SSSR count). The Morgan fingerprint density at radius 3 is 2.34 bits per heavy atom. The minimum atomic E-state index is -4.20. The van der Waals surface area contributed by atoms with E-state index in [2.05, 4.69) is 14.9 Å². The Labute approximate surface area is 182 Å². The number of hydrogen-bond acceptors (Lipinski definition) is 10. The van der Waals surface area contributed by atoms with Crippen LogP contribution in [0.4, 0.5) is 5.82 Å². The molecule has 2 aromatic carbocycles. The maximum Gasteiger partial charge on any atom is 0.270 e. The van der Waals surface area contributed by atoms with Gasteiger partial charge in [0.15, 0.2) is 22.4 Å². The summed E-state index contributed by atoms with van der Waals surface area (Å²) in [6, 6.07) is 7.59. The van der Waals surface area contributed by atoms with Gasteiger partial charge in [-0.15, -0.1) is 0 Å². The van der Waals surface area contributed by atoms with Crippen molar-refractivity contribution >= 4 is 26.8 Å². The third-order valence-electron chi connectivity index (χ3n) is 4.66. The van der Waals surface area contributed by atoms with Crippen LogP contribution in [-0.2, 0) is 10.0 Å². The number of aliphatic hydroxyl groups excluding tert-OH is 1. The van der Waals surface area contributed by atoms with E-state index in [0.717, 1.165) is 0 Å². The molecule has 0 aliphatic heterocycles. The first-order valence-corrected chi connectivity index (χ1v) is 10.7. The van der Waals surface area contributed by atoms with Gasteiger partial charge in [0.25, 0.3) is 10.0 Å². The summed E-state index contributed by atoms with van der Waals surface area (Å²) >= 11 is 0. The van der Waals surface area contributed by atoms with Crippen molar-refractivity contribution in [1.29, 1.82) is 0 Å². The van der Waals surface area contributed by atoms with Crippen molar-refractivity contribution in [3.63, 3.8) is 0 Å². The smallest absolute Gasteiger partial charge is 0.270 e. The van der Waals surface area contributed by atoms with Gasteiger partial charge in [0, 0.05) is 0 Å². The highest BCUT2D eigenvalue weighted by Crippen LogP contribution is 2.39. The van der Waals surface area contributed by atoms with E-state index in [-0.39, 0.29) is 44.8 Å². The maximum absolute atomic E-state index is 13.2. The molecule has 0 unspecified atom stereocenters. The molecule has 0 amide bonds. The highest BCUT2D eigenvalue weighted by atomic mass is 32.2. The van der Waals surface area contributed by atoms with E-state index in [0.29, 0.717) is 5.56 Å². The van der Waals surface area contributed by atoms with Crippen LogP contribution < -0.4 is 18.9 Å². The van der Waals surface area contributed by atoms with Gasteiger partial charge in [-0.1, -0.05) is 11.2 Å². The molecule has 0 bridgehead atoms. The van der Waals surface area contributed by atoms with Crippen molar-refractivity contribution in [2.75, 3.05) is 26.1 Å². The highest BCUT2D eigenvalue weighted by Gasteiger charge is 2.28. The molecule has 0 radical (unpaired) electrons. The third kappa shape index (κ3) is 3.69. The average Bonchev–Trinajstić information content (AvgIpc) is 3.47. The van der Waals surface area contributed by atoms with Crippen LogP contribution in [0.2, 0.25) is 0 Å². The number of methoxy groups -OCH3 is 3. The number of nitrogens with one attached hydrogen (secondary N) is 1. The fourth-order valence-corrected chi connectivity index (χ4v) is 4.55. The van der Waals surface area contributed by atoms with Gasteiger partial charge < -0.3 is 28.3 Å². The summed E-state index contributed by atoms with van der Waals surface area (Å²) in [5, 5.41) is 14.6. The molecule has 12 heteroatoms. The van der Waals surface area contributed by atoms with E-state index in [1.165, 1.54) is 58.1 Å². The predicted octanol–water partition coefficient (Wildman–Crippen LogP) is 2.72. The highest BCUT2D eigenvalue weighted by molar-refractivity contribution is 7.93. The Morgan fingerprint density at radius 1 is 1.06 bits per heavy atom. The van der Waals surface area contributed by atoms with Gasteiger partial charge >= 0.3 is 0 Å². The molecule has 0 spiro atoms. The lowest BCUT2D eigenvalue weighted by atomic mass is 10.1. The van der Waals surface area contributed by atoms with Crippen LogP contribution in [0.5, 0.6) is 17.2 Å². The van der Waals surface area contributed by atoms with E-state index in [1.807, 2.05) is 0 Å². The number of hydrogen-bond donors (Lipinski definition) is 2. The summed E-state index contributed by atoms with van der Waals surface area (Å²) in [5.41, 5.74) is 0.531. The second-order valence-corrected chi connectivity index (χ2v) is 8.12. The van der Waals surface area contributed by atoms with Gasteiger partial charge in [-0.25, -0.2) is 13.4 Å². The summed E-state index contributed by atoms with van der Waals surface area (Å²) in [4.78, 5) is 3.73. The number of fused-ring (bicyclic) bond motifs is 1. The molecule has 0 aliphatic carbocycles. The van der Waals surface area contributed by atoms with Crippen LogP contribution in [0, 0.1) is 0 Å². The first-order chi connectivity index (χ1) is 15.4. The second-order valence-electron chi connectivity index (χ2n) is 6.50. The first kappa shape index (κ1) is 21.5. The van der Waals surface area contributed by atoms with Crippen LogP contribution in [0.1, 0.15) is 17.6 Å². The lowest BCUT2D eigenvalue weighted by Gasteiger charge is -2.14. The number of rotatable bonds is 8. The molecule has 1 atom stereocenters. The summed E-state index contributed by atoms with van der Waals surface area (Å²) in [6.45, 7) is 0. The summed E-state index contributed by atoms with van der Waals surface area (Å²) in [5.74, 6) is 0.368. The third-order valence-corrected chi connectivity index (χ3v) is 6.07. The number of oxazole rings is 1. The Balaban J connectivity index is 1.78. The lowest BCUT2D eigenvalue weighted by Crippen LogP contribution is -2.15. The van der Waals surface area contributed by atoms with E-state index < -0.39 is 16.1 Å². The van der Waals surface area contributed by atoms with E-state index in [9.17, 15) is 13.5 Å². The standard InChI is InChI=1S/C20H19N3O8S/c1-27-12-5-4-6-13(28-2)18(12)32(25,26)23-19-16-14(29-3)9-11(10-15(16)31-22-19)17(24)20-21-7-8-30-20/h4-10,17,24H,1-3H3,(H,22,23)/t17-/m0/s1. The van der Waals surface area contributed by atoms with Gasteiger partial charge in [0.05, 0.1) is 27.5 Å². The SMILES string of the molecule is COc1cccc(OC)c1S(=O)(=O)Nc1noc2cc([C@H](O)c3ncco3)cc(OC)c12. The second kappa shape index (κ2) is 8.40. The van der Waals surface area contributed by atoms with Gasteiger partial charge in [-0.05, 0) is 29.8 Å². The molecule has 0 aliphatic rings. The molecule has 0 saturated carbocycles. The van der Waals surface area contributed by atoms with Crippen LogP contribution in [0.3, 0.4) is 0 Å². The van der Waals surface area contributed by atoms with Gasteiger partial charge in [-0.3, -0.25) is 4.72 Å². The predicted molar refractivity (Wildman–Crippen MR) is 111 cm³/mol. The molecular formula is C20H19N3O8S. The quantitative estimate of drug-likeness (QED) is 0.401. The number of aromatic nitrogens is 2. The topological polar surface area (TPSA) is 146 Å². The first-order valence-electron chi connectivity index (χ1n) is 9.18. The molecule has 4 aromatic rings. The van der Waals surface area contributed by atoms with Crippen molar-refractivity contribution in [2.24, 2.45) is 0 Å². The van der Waals surface area contributed by atoms with Crippen molar-refractivity contribution in [3.8, 4) is 17.2 Å². The number of ether oxygens (including phenoxy) is 3. The molecule has 11 nitrogen and oxygen atoms in total. The number of aliphatic hydroxyl groups is 1. The van der Waals surface area contributed by atoms with Crippen LogP contribution in [-0.4, -0.2) is 45.0 Å². The Hall–Kier alpha value is -3.77. The summed E-state index contributed by atoms with van der Waals surface area (Å²) in [6.07, 6.45) is 1.55. The molecule has 0 fully saturated rings. The largest absolute Gasteiger partial charge is 0.496 e. The summed E-state index contributed by atoms with van der Waals surface area (Å²) in [7, 11) is -0.106. The number of sulfonamides is 1. The maximum atomic E-state index is 13.2. The Kier molecular flexibility index (Phi) is 5.63. The van der Waals surface area contributed by atoms with E-state index in [1.54, 1.807) is 6.07 Å². The van der Waals surface area contributed by atoms with E-state index >= 15 is 0 Å². The zero-order valence-corrected chi connectivity index (χ0v) is 18.0. The molecule has 2 heterocycles. The fourth-order valence-electron chi connectivity index (χ4n) is 3.22. The normalized spacial score (nSPS) is 12.5. The zero-order chi connectivity index (χ0) is 22.9. The van der Waals surface area contributed by atoms with E-state index in [4.69, 9.17) is 23.2 Å². The minimum Gasteiger partial charge on any atom is -0.496 e. The van der Waals surface area contributed by atoms with Gasteiger partial charge in [0.1, 0.15) is 28.9 Å². The van der Waals surface area contributed by atoms with Crippen molar-refractivity contribution < 1.29 is 36.7 Å². The van der Waals surface area contributed by atoms with Crippen LogP contribution in [0.25, 0.3) is 11.0 Å². The number of anilines is 1. The zero-order valence-electron chi connectivity index (χ0n) is 17.2. The molecule has 32 heavy (non-hydrogen) atoms.